The Bertz CT molecular complexity index is 673. The molecule has 2 atom stereocenters. The van der Waals surface area contributed by atoms with Crippen LogP contribution in [0.5, 0.6) is 0 Å². The molecule has 20 heavy (non-hydrogen) atoms. The average Bonchev–Trinajstić information content (AvgIpc) is 2.66. The van der Waals surface area contributed by atoms with Gasteiger partial charge in [-0.3, -0.25) is 4.79 Å². The number of aliphatic hydroxyl groups excluding tert-OH is 1. The van der Waals surface area contributed by atoms with Crippen LogP contribution in [0.4, 0.5) is 0 Å². The summed E-state index contributed by atoms with van der Waals surface area (Å²) in [7, 11) is -3.69. The predicted molar refractivity (Wildman–Crippen MR) is 73.1 cm³/mol. The first-order chi connectivity index (χ1) is 9.39. The third-order valence-corrected chi connectivity index (χ3v) is 6.31. The zero-order valence-corrected chi connectivity index (χ0v) is 12.2. The highest BCUT2D eigenvalue weighted by Gasteiger charge is 2.46. The molecule has 0 amide bonds. The van der Waals surface area contributed by atoms with Gasteiger partial charge in [-0.05, 0) is 31.7 Å². The average molecular weight is 319 g/mol. The Labute approximate surface area is 121 Å². The molecule has 2 bridgehead atoms. The van der Waals surface area contributed by atoms with Crippen LogP contribution in [-0.2, 0) is 10.0 Å². The summed E-state index contributed by atoms with van der Waals surface area (Å²) in [5.74, 6) is 0. The number of nitrogens with one attached hydrogen (secondary N) is 1. The first-order valence-electron chi connectivity index (χ1n) is 6.49. The lowest BCUT2D eigenvalue weighted by molar-refractivity contribution is 0.0768. The highest BCUT2D eigenvalue weighted by Crippen LogP contribution is 2.39. The molecule has 6 nitrogen and oxygen atoms in total. The third kappa shape index (κ3) is 2.18. The monoisotopic (exact) mass is 318 g/mol. The molecule has 1 aromatic heterocycles. The zero-order chi connectivity index (χ0) is 14.5. The number of sulfonamides is 1. The Morgan fingerprint density at radius 3 is 2.45 bits per heavy atom. The molecule has 0 aliphatic carbocycles. The second-order valence-corrected chi connectivity index (χ2v) is 7.61. The topological polar surface area (TPSA) is 90.5 Å². The molecule has 1 aromatic rings. The SMILES string of the molecule is O=c1[nH]cc(S(=O)(=O)N2C3CCC2CC(O)C3)cc1Cl. The van der Waals surface area contributed by atoms with Crippen molar-refractivity contribution in [3.63, 3.8) is 0 Å². The Morgan fingerprint density at radius 1 is 1.30 bits per heavy atom. The molecule has 3 rings (SSSR count). The van der Waals surface area contributed by atoms with Crippen molar-refractivity contribution >= 4 is 21.6 Å². The van der Waals surface area contributed by atoms with E-state index in [-0.39, 0.29) is 22.0 Å². The van der Waals surface area contributed by atoms with Crippen molar-refractivity contribution in [1.82, 2.24) is 9.29 Å². The van der Waals surface area contributed by atoms with E-state index >= 15 is 0 Å². The molecule has 3 heterocycles. The van der Waals surface area contributed by atoms with Gasteiger partial charge in [0, 0.05) is 18.3 Å². The highest BCUT2D eigenvalue weighted by atomic mass is 35.5. The predicted octanol–water partition coefficient (Wildman–Crippen LogP) is 0.705. The molecular formula is C12H15ClN2O4S. The van der Waals surface area contributed by atoms with E-state index in [9.17, 15) is 18.3 Å². The molecule has 2 aliphatic rings. The first kappa shape index (κ1) is 14.1. The van der Waals surface area contributed by atoms with Gasteiger partial charge in [-0.1, -0.05) is 11.6 Å². The van der Waals surface area contributed by atoms with Crippen molar-refractivity contribution in [2.75, 3.05) is 0 Å². The first-order valence-corrected chi connectivity index (χ1v) is 8.31. The number of H-pyrrole nitrogens is 1. The fourth-order valence-electron chi connectivity index (χ4n) is 3.21. The van der Waals surface area contributed by atoms with Crippen LogP contribution in [0.2, 0.25) is 5.02 Å². The minimum absolute atomic E-state index is 0.00427. The van der Waals surface area contributed by atoms with E-state index in [1.807, 2.05) is 0 Å². The summed E-state index contributed by atoms with van der Waals surface area (Å²) >= 11 is 5.70. The Balaban J connectivity index is 2.00. The van der Waals surface area contributed by atoms with Crippen LogP contribution in [0.25, 0.3) is 0 Å². The molecule has 0 aromatic carbocycles. The van der Waals surface area contributed by atoms with E-state index in [1.165, 1.54) is 16.6 Å². The lowest BCUT2D eigenvalue weighted by atomic mass is 10.0. The van der Waals surface area contributed by atoms with Crippen LogP contribution in [0.3, 0.4) is 0 Å². The summed E-state index contributed by atoms with van der Waals surface area (Å²) in [6.07, 6.45) is 3.20. The lowest BCUT2D eigenvalue weighted by Gasteiger charge is -2.35. The number of nitrogens with zero attached hydrogens (tertiary/aromatic N) is 1. The summed E-state index contributed by atoms with van der Waals surface area (Å²) in [4.78, 5) is 13.6. The fraction of sp³-hybridized carbons (Fsp3) is 0.583. The number of pyridine rings is 1. The summed E-state index contributed by atoms with van der Waals surface area (Å²) in [5, 5.41) is 9.59. The van der Waals surface area contributed by atoms with Gasteiger partial charge in [0.1, 0.15) is 5.02 Å². The van der Waals surface area contributed by atoms with Gasteiger partial charge in [-0.15, -0.1) is 0 Å². The Kier molecular flexibility index (Phi) is 3.40. The molecule has 8 heteroatoms. The van der Waals surface area contributed by atoms with Gasteiger partial charge in [0.25, 0.3) is 5.56 Å². The van der Waals surface area contributed by atoms with Crippen molar-refractivity contribution in [3.05, 3.63) is 27.6 Å². The molecule has 0 radical (unpaired) electrons. The van der Waals surface area contributed by atoms with E-state index in [0.29, 0.717) is 12.8 Å². The standard InChI is InChI=1S/C12H15ClN2O4S/c13-11-5-10(6-14-12(11)17)20(18,19)15-7-1-2-8(15)4-9(16)3-7/h5-9,16H,1-4H2,(H,14,17). The van der Waals surface area contributed by atoms with E-state index in [4.69, 9.17) is 11.6 Å². The largest absolute Gasteiger partial charge is 0.393 e. The van der Waals surface area contributed by atoms with Crippen molar-refractivity contribution in [3.8, 4) is 0 Å². The van der Waals surface area contributed by atoms with Crippen LogP contribution in [0.15, 0.2) is 22.0 Å². The number of aromatic nitrogens is 1. The summed E-state index contributed by atoms with van der Waals surface area (Å²) in [5.41, 5.74) is -0.511. The number of fused-ring (bicyclic) bond motifs is 2. The maximum absolute atomic E-state index is 12.7. The second kappa shape index (κ2) is 4.84. The zero-order valence-electron chi connectivity index (χ0n) is 10.6. The van der Waals surface area contributed by atoms with Crippen LogP contribution < -0.4 is 5.56 Å². The van der Waals surface area contributed by atoms with Crippen molar-refractivity contribution < 1.29 is 13.5 Å². The summed E-state index contributed by atoms with van der Waals surface area (Å²) in [6, 6.07) is 0.846. The van der Waals surface area contributed by atoms with Gasteiger partial charge in [0.05, 0.1) is 11.0 Å². The van der Waals surface area contributed by atoms with E-state index in [2.05, 4.69) is 4.98 Å². The van der Waals surface area contributed by atoms with Crippen molar-refractivity contribution in [2.24, 2.45) is 0 Å². The van der Waals surface area contributed by atoms with Gasteiger partial charge in [-0.2, -0.15) is 4.31 Å². The van der Waals surface area contributed by atoms with Gasteiger partial charge < -0.3 is 10.1 Å². The summed E-state index contributed by atoms with van der Waals surface area (Å²) < 4.78 is 26.8. The van der Waals surface area contributed by atoms with Crippen molar-refractivity contribution in [1.29, 1.82) is 0 Å². The Hall–Kier alpha value is -0.890. The highest BCUT2D eigenvalue weighted by molar-refractivity contribution is 7.89. The van der Waals surface area contributed by atoms with Crippen LogP contribution >= 0.6 is 11.6 Å². The Morgan fingerprint density at radius 2 is 1.90 bits per heavy atom. The molecule has 0 saturated carbocycles. The molecule has 0 spiro atoms. The number of aliphatic hydroxyl groups is 1. The minimum atomic E-state index is -3.69. The van der Waals surface area contributed by atoms with Crippen LogP contribution in [0.1, 0.15) is 25.7 Å². The minimum Gasteiger partial charge on any atom is -0.393 e. The number of aromatic amines is 1. The van der Waals surface area contributed by atoms with E-state index < -0.39 is 21.7 Å². The fourth-order valence-corrected chi connectivity index (χ4v) is 5.33. The maximum atomic E-state index is 12.7. The van der Waals surface area contributed by atoms with E-state index in [1.54, 1.807) is 0 Å². The quantitative estimate of drug-likeness (QED) is 0.840. The maximum Gasteiger partial charge on any atom is 0.266 e. The normalized spacial score (nSPS) is 30.6. The van der Waals surface area contributed by atoms with Gasteiger partial charge in [0.2, 0.25) is 10.0 Å². The molecule has 2 saturated heterocycles. The number of rotatable bonds is 2. The summed E-state index contributed by atoms with van der Waals surface area (Å²) in [6.45, 7) is 0. The van der Waals surface area contributed by atoms with Crippen molar-refractivity contribution in [2.45, 2.75) is 48.8 Å². The van der Waals surface area contributed by atoms with Gasteiger partial charge >= 0.3 is 0 Å². The number of halogens is 1. The molecule has 2 unspecified atom stereocenters. The molecule has 2 N–H and O–H groups in total. The van der Waals surface area contributed by atoms with Gasteiger partial charge in [-0.25, -0.2) is 8.42 Å². The van der Waals surface area contributed by atoms with E-state index in [0.717, 1.165) is 12.8 Å². The molecule has 2 fully saturated rings. The van der Waals surface area contributed by atoms with Gasteiger partial charge in [0.15, 0.2) is 0 Å². The van der Waals surface area contributed by atoms with Crippen LogP contribution in [-0.4, -0.2) is 41.0 Å². The second-order valence-electron chi connectivity index (χ2n) is 5.36. The smallest absolute Gasteiger partial charge is 0.266 e. The number of hydrogen-bond acceptors (Lipinski definition) is 4. The number of piperidine rings is 1. The van der Waals surface area contributed by atoms with Crippen LogP contribution in [0, 0.1) is 0 Å². The lowest BCUT2D eigenvalue weighted by Crippen LogP contribution is -2.47. The molecule has 110 valence electrons. The molecule has 2 aliphatic heterocycles. The number of hydrogen-bond donors (Lipinski definition) is 2. The molecular weight excluding hydrogens is 304 g/mol. The third-order valence-electron chi connectivity index (χ3n) is 4.05.